The molecule has 172 valence electrons. The molecule has 33 heavy (non-hydrogen) atoms. The highest BCUT2D eigenvalue weighted by molar-refractivity contribution is 7.89. The van der Waals surface area contributed by atoms with Crippen molar-refractivity contribution < 1.29 is 27.1 Å². The van der Waals surface area contributed by atoms with Gasteiger partial charge in [0.1, 0.15) is 5.82 Å². The number of carbonyl (C=O) groups excluding carboxylic acids is 2. The summed E-state index contributed by atoms with van der Waals surface area (Å²) in [6.45, 7) is 1.42. The second kappa shape index (κ2) is 10.6. The molecule has 0 aliphatic rings. The zero-order chi connectivity index (χ0) is 24.0. The molecule has 0 aromatic heterocycles. The van der Waals surface area contributed by atoms with Crippen LogP contribution in [0.3, 0.4) is 0 Å². The summed E-state index contributed by atoms with van der Waals surface area (Å²) in [5, 5.41) is 2.43. The summed E-state index contributed by atoms with van der Waals surface area (Å²) in [7, 11) is -3.89. The molecular formula is C23H20ClFN2O5S. The molecule has 3 aromatic rings. The molecule has 0 unspecified atom stereocenters. The van der Waals surface area contributed by atoms with Gasteiger partial charge in [0.25, 0.3) is 5.91 Å². The van der Waals surface area contributed by atoms with E-state index in [1.54, 1.807) is 24.3 Å². The van der Waals surface area contributed by atoms with E-state index < -0.39 is 33.8 Å². The number of ether oxygens (including phenoxy) is 1. The number of esters is 1. The molecule has 10 heteroatoms. The van der Waals surface area contributed by atoms with Crippen molar-refractivity contribution in [1.82, 2.24) is 4.72 Å². The average Bonchev–Trinajstić information content (AvgIpc) is 2.80. The molecule has 0 heterocycles. The zero-order valence-corrected chi connectivity index (χ0v) is 19.0. The third kappa shape index (κ3) is 6.61. The highest BCUT2D eigenvalue weighted by Gasteiger charge is 2.22. The first-order valence-corrected chi connectivity index (χ1v) is 11.6. The van der Waals surface area contributed by atoms with Crippen molar-refractivity contribution in [2.24, 2.45) is 0 Å². The van der Waals surface area contributed by atoms with Gasteiger partial charge in [-0.15, -0.1) is 0 Å². The Balaban J connectivity index is 1.65. The van der Waals surface area contributed by atoms with E-state index in [4.69, 9.17) is 16.3 Å². The van der Waals surface area contributed by atoms with Gasteiger partial charge in [0.05, 0.1) is 21.2 Å². The van der Waals surface area contributed by atoms with Crippen molar-refractivity contribution in [2.75, 3.05) is 5.32 Å². The first kappa shape index (κ1) is 24.4. The van der Waals surface area contributed by atoms with E-state index in [1.807, 2.05) is 6.07 Å². The second-order valence-electron chi connectivity index (χ2n) is 7.00. The summed E-state index contributed by atoms with van der Waals surface area (Å²) in [5.41, 5.74) is 0.887. The maximum atomic E-state index is 13.1. The first-order chi connectivity index (χ1) is 15.7. The minimum atomic E-state index is -3.89. The van der Waals surface area contributed by atoms with Crippen LogP contribution in [0.2, 0.25) is 5.02 Å². The van der Waals surface area contributed by atoms with Crippen LogP contribution < -0.4 is 10.0 Å². The van der Waals surface area contributed by atoms with Crippen LogP contribution >= 0.6 is 11.6 Å². The highest BCUT2D eigenvalue weighted by Crippen LogP contribution is 2.23. The topological polar surface area (TPSA) is 102 Å². The summed E-state index contributed by atoms with van der Waals surface area (Å²) in [6.07, 6.45) is -1.23. The van der Waals surface area contributed by atoms with Crippen LogP contribution in [0, 0.1) is 5.82 Å². The van der Waals surface area contributed by atoms with Crippen molar-refractivity contribution in [3.8, 4) is 0 Å². The van der Waals surface area contributed by atoms with Gasteiger partial charge in [0, 0.05) is 6.54 Å². The third-order valence-corrected chi connectivity index (χ3v) is 6.24. The lowest BCUT2D eigenvalue weighted by Gasteiger charge is -2.15. The lowest BCUT2D eigenvalue weighted by Crippen LogP contribution is -2.30. The van der Waals surface area contributed by atoms with Gasteiger partial charge in [-0.25, -0.2) is 22.3 Å². The van der Waals surface area contributed by atoms with Crippen molar-refractivity contribution >= 4 is 39.2 Å². The highest BCUT2D eigenvalue weighted by atomic mass is 35.5. The molecule has 0 spiro atoms. The predicted octanol–water partition coefficient (Wildman–Crippen LogP) is 4.14. The Kier molecular flexibility index (Phi) is 7.80. The molecule has 3 aromatic carbocycles. The third-order valence-electron chi connectivity index (χ3n) is 4.53. The van der Waals surface area contributed by atoms with Crippen LogP contribution in [0.5, 0.6) is 0 Å². The minimum absolute atomic E-state index is 0.0113. The molecule has 0 bridgehead atoms. The van der Waals surface area contributed by atoms with Gasteiger partial charge in [0.2, 0.25) is 10.0 Å². The molecule has 3 rings (SSSR count). The lowest BCUT2D eigenvalue weighted by molar-refractivity contribution is -0.123. The second-order valence-corrected chi connectivity index (χ2v) is 9.17. The molecule has 0 fully saturated rings. The van der Waals surface area contributed by atoms with Crippen molar-refractivity contribution in [3.63, 3.8) is 0 Å². The molecule has 0 saturated heterocycles. The number of benzene rings is 3. The Morgan fingerprint density at radius 2 is 1.76 bits per heavy atom. The number of nitrogens with one attached hydrogen (secondary N) is 2. The minimum Gasteiger partial charge on any atom is -0.449 e. The van der Waals surface area contributed by atoms with E-state index in [2.05, 4.69) is 10.0 Å². The quantitative estimate of drug-likeness (QED) is 0.462. The lowest BCUT2D eigenvalue weighted by atomic mass is 10.2. The normalized spacial score (nSPS) is 12.1. The van der Waals surface area contributed by atoms with Crippen LogP contribution in [0.15, 0.2) is 77.7 Å². The molecule has 0 saturated carbocycles. The summed E-state index contributed by atoms with van der Waals surface area (Å²) in [4.78, 5) is 24.7. The van der Waals surface area contributed by atoms with Crippen molar-refractivity contribution in [3.05, 3.63) is 94.8 Å². The summed E-state index contributed by atoms with van der Waals surface area (Å²) >= 11 is 5.88. The van der Waals surface area contributed by atoms with E-state index in [9.17, 15) is 22.4 Å². The predicted molar refractivity (Wildman–Crippen MR) is 122 cm³/mol. The fourth-order valence-electron chi connectivity index (χ4n) is 2.76. The Morgan fingerprint density at radius 3 is 2.45 bits per heavy atom. The molecule has 0 aliphatic carbocycles. The maximum absolute atomic E-state index is 13.1. The smallest absolute Gasteiger partial charge is 0.338 e. The molecule has 1 atom stereocenters. The maximum Gasteiger partial charge on any atom is 0.338 e. The van der Waals surface area contributed by atoms with Gasteiger partial charge in [-0.2, -0.15) is 0 Å². The van der Waals surface area contributed by atoms with Crippen molar-refractivity contribution in [1.29, 1.82) is 0 Å². The van der Waals surface area contributed by atoms with E-state index in [1.165, 1.54) is 31.2 Å². The van der Waals surface area contributed by atoms with E-state index in [-0.39, 0.29) is 27.7 Å². The van der Waals surface area contributed by atoms with Gasteiger partial charge >= 0.3 is 5.97 Å². The number of hydrogen-bond donors (Lipinski definition) is 2. The summed E-state index contributed by atoms with van der Waals surface area (Å²) in [6, 6.07) is 17.7. The monoisotopic (exact) mass is 490 g/mol. The standard InChI is InChI=1S/C23H20ClFN2O5S/c1-15(22(28)27-21-11-10-18(25)13-20(21)24)32-23(29)17-8-5-9-19(12-17)33(30,31)26-14-16-6-3-2-4-7-16/h2-13,15,26H,14H2,1H3,(H,27,28)/t15-/m1/s1. The SMILES string of the molecule is C[C@@H](OC(=O)c1cccc(S(=O)(=O)NCc2ccccc2)c1)C(=O)Nc1ccc(F)cc1Cl. The number of anilines is 1. The fraction of sp³-hybridized carbons (Fsp3) is 0.130. The van der Waals surface area contributed by atoms with Crippen molar-refractivity contribution in [2.45, 2.75) is 24.5 Å². The van der Waals surface area contributed by atoms with Crippen LogP contribution in [0.1, 0.15) is 22.8 Å². The molecule has 2 N–H and O–H groups in total. The fourth-order valence-corrected chi connectivity index (χ4v) is 4.03. The Labute approximate surface area is 195 Å². The molecular weight excluding hydrogens is 471 g/mol. The number of sulfonamides is 1. The number of halogens is 2. The largest absolute Gasteiger partial charge is 0.449 e. The first-order valence-electron chi connectivity index (χ1n) is 9.76. The molecule has 0 radical (unpaired) electrons. The van der Waals surface area contributed by atoms with Gasteiger partial charge in [0.15, 0.2) is 6.10 Å². The van der Waals surface area contributed by atoms with Crippen LogP contribution in [0.25, 0.3) is 0 Å². The Hall–Kier alpha value is -3.27. The summed E-state index contributed by atoms with van der Waals surface area (Å²) in [5.74, 6) is -2.14. The van der Waals surface area contributed by atoms with Gasteiger partial charge in [-0.05, 0) is 48.9 Å². The van der Waals surface area contributed by atoms with E-state index in [0.717, 1.165) is 23.8 Å². The summed E-state index contributed by atoms with van der Waals surface area (Å²) < 4.78 is 46.0. The van der Waals surface area contributed by atoms with Gasteiger partial charge in [-0.1, -0.05) is 48.0 Å². The van der Waals surface area contributed by atoms with Gasteiger partial charge in [-0.3, -0.25) is 4.79 Å². The van der Waals surface area contributed by atoms with Crippen LogP contribution in [-0.4, -0.2) is 26.4 Å². The molecule has 1 amide bonds. The van der Waals surface area contributed by atoms with E-state index >= 15 is 0 Å². The number of rotatable bonds is 8. The van der Waals surface area contributed by atoms with E-state index in [0.29, 0.717) is 0 Å². The molecule has 0 aliphatic heterocycles. The number of carbonyl (C=O) groups is 2. The Bertz CT molecular complexity index is 1270. The van der Waals surface area contributed by atoms with Gasteiger partial charge < -0.3 is 10.1 Å². The number of hydrogen-bond acceptors (Lipinski definition) is 5. The average molecular weight is 491 g/mol. The molecule has 7 nitrogen and oxygen atoms in total. The number of amides is 1. The van der Waals surface area contributed by atoms with Crippen LogP contribution in [-0.2, 0) is 26.1 Å². The Morgan fingerprint density at radius 1 is 1.03 bits per heavy atom. The van der Waals surface area contributed by atoms with Crippen LogP contribution in [0.4, 0.5) is 10.1 Å². The zero-order valence-electron chi connectivity index (χ0n) is 17.4.